The summed E-state index contributed by atoms with van der Waals surface area (Å²) in [5.74, 6) is 0.390. The van der Waals surface area contributed by atoms with Crippen molar-refractivity contribution < 1.29 is 19.4 Å². The Morgan fingerprint density at radius 2 is 1.77 bits per heavy atom. The minimum absolute atomic E-state index is 0.00957. The lowest BCUT2D eigenvalue weighted by atomic mass is 9.99. The Balaban J connectivity index is 1.33. The molecule has 1 fully saturated rings. The molecule has 2 aliphatic rings. The van der Waals surface area contributed by atoms with Gasteiger partial charge in [0.05, 0.1) is 18.2 Å². The smallest absolute Gasteiger partial charge is 0.258 e. The zero-order valence-corrected chi connectivity index (χ0v) is 23.5. The van der Waals surface area contributed by atoms with Crippen LogP contribution in [0.1, 0.15) is 42.6 Å². The highest BCUT2D eigenvalue weighted by molar-refractivity contribution is 6.00. The number of rotatable bonds is 9. The highest BCUT2D eigenvalue weighted by atomic mass is 16.5. The van der Waals surface area contributed by atoms with Gasteiger partial charge < -0.3 is 20.1 Å². The van der Waals surface area contributed by atoms with Crippen molar-refractivity contribution in [3.05, 3.63) is 83.9 Å². The third-order valence-electron chi connectivity index (χ3n) is 7.89. The second-order valence-corrected chi connectivity index (χ2v) is 11.4. The van der Waals surface area contributed by atoms with E-state index < -0.39 is 0 Å². The summed E-state index contributed by atoms with van der Waals surface area (Å²) in [4.78, 5) is 30.0. The van der Waals surface area contributed by atoms with E-state index >= 15 is 0 Å². The minimum atomic E-state index is -0.341. The van der Waals surface area contributed by atoms with E-state index in [1.165, 1.54) is 16.7 Å². The highest BCUT2D eigenvalue weighted by Crippen LogP contribution is 2.33. The number of aliphatic hydroxyl groups excluding tert-OH is 1. The van der Waals surface area contributed by atoms with Crippen molar-refractivity contribution in [2.75, 3.05) is 32.1 Å². The molecule has 7 nitrogen and oxygen atoms in total. The molecule has 0 radical (unpaired) electrons. The Morgan fingerprint density at radius 3 is 2.45 bits per heavy atom. The molecule has 0 spiro atoms. The average Bonchev–Trinajstić information content (AvgIpc) is 3.82. The van der Waals surface area contributed by atoms with Gasteiger partial charge in [0, 0.05) is 37.2 Å². The number of aliphatic hydroxyl groups is 1. The van der Waals surface area contributed by atoms with Crippen LogP contribution in [0.2, 0.25) is 0 Å². The third kappa shape index (κ3) is 6.54. The molecule has 1 heterocycles. The topological polar surface area (TPSA) is 82.1 Å². The molecule has 210 valence electrons. The highest BCUT2D eigenvalue weighted by Gasteiger charge is 2.34. The predicted molar refractivity (Wildman–Crippen MR) is 157 cm³/mol. The Kier molecular flexibility index (Phi) is 8.52. The first-order valence-electron chi connectivity index (χ1n) is 14.2. The van der Waals surface area contributed by atoms with E-state index in [-0.39, 0.29) is 42.4 Å². The standard InChI is InChI=1S/C33H39N3O4/c1-22-18-36(23(2)21-37)33(39)29-17-28(34-32(38)27-13-14-27)15-16-30(29)40-31(22)20-35(3)19-24-9-11-26(12-10-24)25-7-5-4-6-8-25/h4-12,15-17,22-23,27,31,37H,13-14,18-21H2,1-3H3,(H,34,38)/t22-,23+,31-/m1/s1. The number of ether oxygens (including phenoxy) is 1. The van der Waals surface area contributed by atoms with E-state index in [0.29, 0.717) is 30.1 Å². The van der Waals surface area contributed by atoms with E-state index in [1.54, 1.807) is 23.1 Å². The van der Waals surface area contributed by atoms with Gasteiger partial charge >= 0.3 is 0 Å². The fraction of sp³-hybridized carbons (Fsp3) is 0.394. The van der Waals surface area contributed by atoms with Gasteiger partial charge in [0.1, 0.15) is 11.9 Å². The van der Waals surface area contributed by atoms with Crippen LogP contribution >= 0.6 is 0 Å². The molecule has 0 bridgehead atoms. The lowest BCUT2D eigenvalue weighted by Crippen LogP contribution is -2.49. The summed E-state index contributed by atoms with van der Waals surface area (Å²) in [6, 6.07) is 23.9. The summed E-state index contributed by atoms with van der Waals surface area (Å²) in [7, 11) is 2.08. The molecule has 3 aromatic carbocycles. The Bertz CT molecular complexity index is 1320. The summed E-state index contributed by atoms with van der Waals surface area (Å²) in [5, 5.41) is 12.9. The normalized spacial score (nSPS) is 19.8. The minimum Gasteiger partial charge on any atom is -0.488 e. The van der Waals surface area contributed by atoms with E-state index in [1.807, 2.05) is 25.1 Å². The number of hydrogen-bond acceptors (Lipinski definition) is 5. The van der Waals surface area contributed by atoms with Gasteiger partial charge in [-0.15, -0.1) is 0 Å². The van der Waals surface area contributed by atoms with Crippen LogP contribution < -0.4 is 10.1 Å². The summed E-state index contributed by atoms with van der Waals surface area (Å²) < 4.78 is 6.52. The van der Waals surface area contributed by atoms with Crippen LogP contribution in [0.3, 0.4) is 0 Å². The van der Waals surface area contributed by atoms with Gasteiger partial charge in [0.2, 0.25) is 5.91 Å². The molecule has 7 heteroatoms. The Hall–Kier alpha value is -3.68. The second kappa shape index (κ2) is 12.2. The molecule has 3 atom stereocenters. The van der Waals surface area contributed by atoms with Gasteiger partial charge in [-0.05, 0) is 61.7 Å². The van der Waals surface area contributed by atoms with Crippen LogP contribution in [0.5, 0.6) is 5.75 Å². The molecule has 0 saturated heterocycles. The molecular formula is C33H39N3O4. The second-order valence-electron chi connectivity index (χ2n) is 11.4. The number of likely N-dealkylation sites (N-methyl/N-ethyl adjacent to an activating group) is 1. The molecule has 0 unspecified atom stereocenters. The Labute approximate surface area is 236 Å². The maximum absolute atomic E-state index is 13.6. The van der Waals surface area contributed by atoms with Gasteiger partial charge in [-0.1, -0.05) is 61.5 Å². The van der Waals surface area contributed by atoms with E-state index in [2.05, 4.69) is 60.6 Å². The van der Waals surface area contributed by atoms with Crippen molar-refractivity contribution in [3.8, 4) is 16.9 Å². The first kappa shape index (κ1) is 27.9. The van der Waals surface area contributed by atoms with Gasteiger partial charge in [-0.25, -0.2) is 0 Å². The van der Waals surface area contributed by atoms with Gasteiger partial charge in [0.15, 0.2) is 0 Å². The van der Waals surface area contributed by atoms with Crippen LogP contribution in [0.25, 0.3) is 11.1 Å². The number of carbonyl (C=O) groups excluding carboxylic acids is 2. The summed E-state index contributed by atoms with van der Waals surface area (Å²) in [5.41, 5.74) is 4.60. The molecule has 2 N–H and O–H groups in total. The molecule has 1 aliphatic carbocycles. The number of fused-ring (bicyclic) bond motifs is 1. The van der Waals surface area contributed by atoms with Gasteiger partial charge in [0.25, 0.3) is 5.91 Å². The monoisotopic (exact) mass is 541 g/mol. The van der Waals surface area contributed by atoms with Crippen molar-refractivity contribution in [1.29, 1.82) is 0 Å². The van der Waals surface area contributed by atoms with Crippen molar-refractivity contribution >= 4 is 17.5 Å². The number of benzene rings is 3. The van der Waals surface area contributed by atoms with Gasteiger partial charge in [-0.3, -0.25) is 14.5 Å². The molecule has 40 heavy (non-hydrogen) atoms. The van der Waals surface area contributed by atoms with Crippen molar-refractivity contribution in [2.45, 2.75) is 45.4 Å². The number of carbonyl (C=O) groups is 2. The van der Waals surface area contributed by atoms with Crippen molar-refractivity contribution in [1.82, 2.24) is 9.80 Å². The SMILES string of the molecule is C[C@@H]1CN([C@@H](C)CO)C(=O)c2cc(NC(=O)C3CC3)ccc2O[C@@H]1CN(C)Cc1ccc(-c2ccccc2)cc1. The molecular weight excluding hydrogens is 502 g/mol. The first-order chi connectivity index (χ1) is 19.3. The number of nitrogens with zero attached hydrogens (tertiary/aromatic N) is 2. The van der Waals surface area contributed by atoms with Crippen LogP contribution in [0.15, 0.2) is 72.8 Å². The molecule has 3 aromatic rings. The fourth-order valence-corrected chi connectivity index (χ4v) is 5.22. The molecule has 1 aliphatic heterocycles. The Morgan fingerprint density at radius 1 is 1.07 bits per heavy atom. The predicted octanol–water partition coefficient (Wildman–Crippen LogP) is 5.05. The molecule has 0 aromatic heterocycles. The molecule has 5 rings (SSSR count). The number of amides is 2. The van der Waals surface area contributed by atoms with E-state index in [9.17, 15) is 14.7 Å². The molecule has 1 saturated carbocycles. The number of hydrogen-bond donors (Lipinski definition) is 2. The third-order valence-corrected chi connectivity index (χ3v) is 7.89. The fourth-order valence-electron chi connectivity index (χ4n) is 5.22. The summed E-state index contributed by atoms with van der Waals surface area (Å²) in [6.45, 7) is 5.70. The van der Waals surface area contributed by atoms with Crippen LogP contribution in [-0.4, -0.2) is 65.6 Å². The summed E-state index contributed by atoms with van der Waals surface area (Å²) in [6.07, 6.45) is 1.64. The number of nitrogens with one attached hydrogen (secondary N) is 1. The summed E-state index contributed by atoms with van der Waals surface area (Å²) >= 11 is 0. The van der Waals surface area contributed by atoms with E-state index in [4.69, 9.17) is 4.74 Å². The lowest BCUT2D eigenvalue weighted by molar-refractivity contribution is -0.117. The van der Waals surface area contributed by atoms with Crippen molar-refractivity contribution in [2.24, 2.45) is 11.8 Å². The zero-order valence-electron chi connectivity index (χ0n) is 23.5. The van der Waals surface area contributed by atoms with Gasteiger partial charge in [-0.2, -0.15) is 0 Å². The maximum Gasteiger partial charge on any atom is 0.258 e. The maximum atomic E-state index is 13.6. The quantitative estimate of drug-likeness (QED) is 0.396. The van der Waals surface area contributed by atoms with Crippen LogP contribution in [0, 0.1) is 11.8 Å². The largest absolute Gasteiger partial charge is 0.488 e. The van der Waals surface area contributed by atoms with Crippen molar-refractivity contribution in [3.63, 3.8) is 0 Å². The van der Waals surface area contributed by atoms with Crippen LogP contribution in [0.4, 0.5) is 5.69 Å². The number of anilines is 1. The molecule has 2 amide bonds. The average molecular weight is 542 g/mol. The first-order valence-corrected chi connectivity index (χ1v) is 14.2. The zero-order chi connectivity index (χ0) is 28.2. The van der Waals surface area contributed by atoms with Crippen LogP contribution in [-0.2, 0) is 11.3 Å². The van der Waals surface area contributed by atoms with E-state index in [0.717, 1.165) is 19.4 Å². The lowest BCUT2D eigenvalue weighted by Gasteiger charge is -2.38.